The minimum Gasteiger partial charge on any atom is -0.496 e. The Balaban J connectivity index is 2.06. The molecule has 0 aromatic heterocycles. The molecule has 0 aliphatic heterocycles. The molecular formula is C29H27BrF7NO3. The molecule has 3 aromatic rings. The predicted molar refractivity (Wildman–Crippen MR) is 143 cm³/mol. The molecule has 0 spiro atoms. The summed E-state index contributed by atoms with van der Waals surface area (Å²) in [5, 5.41) is 10.9. The zero-order valence-corrected chi connectivity index (χ0v) is 24.0. The Morgan fingerprint density at radius 3 is 2.00 bits per heavy atom. The summed E-state index contributed by atoms with van der Waals surface area (Å²) in [7, 11) is 1.37. The molecule has 0 fully saturated rings. The third-order valence-corrected chi connectivity index (χ3v) is 7.21. The van der Waals surface area contributed by atoms with E-state index in [-0.39, 0.29) is 24.3 Å². The number of carbonyl (C=O) groups excluding carboxylic acids is 1. The van der Waals surface area contributed by atoms with Crippen LogP contribution in [0.5, 0.6) is 5.75 Å². The fraction of sp³-hybridized carbons (Fsp3) is 0.345. The van der Waals surface area contributed by atoms with E-state index < -0.39 is 47.0 Å². The highest BCUT2D eigenvalue weighted by atomic mass is 79.9. The first kappa shape index (κ1) is 32.4. The highest BCUT2D eigenvalue weighted by Gasteiger charge is 2.38. The quantitative estimate of drug-likeness (QED) is 0.187. The van der Waals surface area contributed by atoms with Gasteiger partial charge in [0.1, 0.15) is 11.6 Å². The van der Waals surface area contributed by atoms with E-state index in [0.717, 1.165) is 4.90 Å². The van der Waals surface area contributed by atoms with Crippen molar-refractivity contribution >= 4 is 22.3 Å². The third kappa shape index (κ3) is 7.40. The van der Waals surface area contributed by atoms with Crippen molar-refractivity contribution in [2.45, 2.75) is 57.7 Å². The highest BCUT2D eigenvalue weighted by molar-refractivity contribution is 9.10. The number of benzene rings is 3. The van der Waals surface area contributed by atoms with Crippen LogP contribution >= 0.6 is 15.9 Å². The van der Waals surface area contributed by atoms with Crippen molar-refractivity contribution < 1.29 is 45.4 Å². The van der Waals surface area contributed by atoms with Crippen LogP contribution in [0.4, 0.5) is 30.7 Å². The SMILES string of the molecule is COc1cc(F)c(C(C)C)cc1-c1ccc(Br)cc1CN(C=O)C(C)C(O)c1cc(C(F)(F)F)cc(C(F)(F)F)c1. The van der Waals surface area contributed by atoms with Crippen LogP contribution in [0.3, 0.4) is 0 Å². The fourth-order valence-electron chi connectivity index (χ4n) is 4.43. The van der Waals surface area contributed by atoms with Gasteiger partial charge in [0, 0.05) is 22.6 Å². The molecule has 3 aromatic carbocycles. The van der Waals surface area contributed by atoms with Gasteiger partial charge in [0.2, 0.25) is 6.41 Å². The van der Waals surface area contributed by atoms with E-state index in [0.29, 0.717) is 45.3 Å². The maximum absolute atomic E-state index is 14.7. The molecule has 1 amide bonds. The predicted octanol–water partition coefficient (Wildman–Crippen LogP) is 8.51. The number of hydrogen-bond acceptors (Lipinski definition) is 3. The number of nitrogens with zero attached hydrogens (tertiary/aromatic N) is 1. The zero-order valence-electron chi connectivity index (χ0n) is 22.4. The summed E-state index contributed by atoms with van der Waals surface area (Å²) in [6.07, 6.45) is -11.7. The molecule has 1 N–H and O–H groups in total. The van der Waals surface area contributed by atoms with E-state index in [4.69, 9.17) is 4.74 Å². The molecule has 222 valence electrons. The van der Waals surface area contributed by atoms with E-state index in [1.54, 1.807) is 24.3 Å². The van der Waals surface area contributed by atoms with Crippen LogP contribution in [0.2, 0.25) is 0 Å². The number of aliphatic hydroxyl groups excluding tert-OH is 1. The largest absolute Gasteiger partial charge is 0.496 e. The van der Waals surface area contributed by atoms with Gasteiger partial charge in [0.05, 0.1) is 30.4 Å². The van der Waals surface area contributed by atoms with Crippen molar-refractivity contribution in [3.8, 4) is 16.9 Å². The van der Waals surface area contributed by atoms with Gasteiger partial charge in [0.25, 0.3) is 0 Å². The van der Waals surface area contributed by atoms with E-state index >= 15 is 0 Å². The Hall–Kier alpha value is -3.12. The van der Waals surface area contributed by atoms with Crippen LogP contribution in [0.1, 0.15) is 60.6 Å². The van der Waals surface area contributed by atoms with Crippen LogP contribution in [0.25, 0.3) is 11.1 Å². The standard InChI is InChI=1S/C29H27BrF7NO3/c1-15(2)23-11-24(26(41-4)12-25(23)31)22-6-5-21(30)9-18(22)13-38(14-39)16(3)27(40)17-7-19(28(32,33)34)10-20(8-17)29(35,36)37/h5-12,14-16,27,40H,13H2,1-4H3. The van der Waals surface area contributed by atoms with Crippen molar-refractivity contribution in [1.82, 2.24) is 4.90 Å². The number of ether oxygens (including phenoxy) is 1. The Morgan fingerprint density at radius 1 is 0.927 bits per heavy atom. The third-order valence-electron chi connectivity index (χ3n) is 6.72. The number of carbonyl (C=O) groups is 1. The number of alkyl halides is 6. The summed E-state index contributed by atoms with van der Waals surface area (Å²) < 4.78 is 101. The molecule has 0 saturated carbocycles. The average molecular weight is 650 g/mol. The van der Waals surface area contributed by atoms with Gasteiger partial charge in [0.15, 0.2) is 0 Å². The van der Waals surface area contributed by atoms with Gasteiger partial charge in [-0.3, -0.25) is 4.79 Å². The van der Waals surface area contributed by atoms with Crippen LogP contribution in [-0.2, 0) is 23.7 Å². The molecule has 0 saturated heterocycles. The van der Waals surface area contributed by atoms with Gasteiger partial charge < -0.3 is 14.7 Å². The number of halogens is 8. The molecule has 2 atom stereocenters. The smallest absolute Gasteiger partial charge is 0.416 e. The number of aliphatic hydroxyl groups is 1. The molecule has 0 heterocycles. The summed E-state index contributed by atoms with van der Waals surface area (Å²) in [6, 6.07) is 7.52. The van der Waals surface area contributed by atoms with Crippen molar-refractivity contribution in [2.24, 2.45) is 0 Å². The van der Waals surface area contributed by atoms with E-state index in [1.807, 2.05) is 13.8 Å². The van der Waals surface area contributed by atoms with Gasteiger partial charge in [-0.2, -0.15) is 26.3 Å². The van der Waals surface area contributed by atoms with Crippen LogP contribution in [0.15, 0.2) is 53.0 Å². The second-order valence-electron chi connectivity index (χ2n) is 9.83. The molecule has 12 heteroatoms. The summed E-state index contributed by atoms with van der Waals surface area (Å²) in [5.41, 5.74) is -1.86. The lowest BCUT2D eigenvalue weighted by Crippen LogP contribution is -2.36. The van der Waals surface area contributed by atoms with Crippen molar-refractivity contribution in [3.63, 3.8) is 0 Å². The zero-order chi connectivity index (χ0) is 30.9. The first-order chi connectivity index (χ1) is 19.0. The summed E-state index contributed by atoms with van der Waals surface area (Å²) in [6.45, 7) is 4.73. The first-order valence-corrected chi connectivity index (χ1v) is 13.1. The maximum Gasteiger partial charge on any atom is 0.416 e. The highest BCUT2D eigenvalue weighted by Crippen LogP contribution is 2.40. The Morgan fingerprint density at radius 2 is 1.51 bits per heavy atom. The Labute approximate surface area is 240 Å². The summed E-state index contributed by atoms with van der Waals surface area (Å²) in [5.74, 6) is -0.427. The minimum atomic E-state index is -5.10. The number of rotatable bonds is 9. The number of hydrogen-bond donors (Lipinski definition) is 1. The van der Waals surface area contributed by atoms with Crippen LogP contribution in [0, 0.1) is 5.82 Å². The van der Waals surface area contributed by atoms with Crippen LogP contribution in [-0.4, -0.2) is 29.6 Å². The molecule has 4 nitrogen and oxygen atoms in total. The molecule has 0 bridgehead atoms. The lowest BCUT2D eigenvalue weighted by atomic mass is 9.92. The lowest BCUT2D eigenvalue weighted by molar-refractivity contribution is -0.143. The summed E-state index contributed by atoms with van der Waals surface area (Å²) >= 11 is 3.36. The Bertz CT molecular complexity index is 1370. The van der Waals surface area contributed by atoms with Gasteiger partial charge in [-0.15, -0.1) is 0 Å². The van der Waals surface area contributed by atoms with Gasteiger partial charge in [-0.05, 0) is 71.5 Å². The van der Waals surface area contributed by atoms with Gasteiger partial charge in [-0.25, -0.2) is 4.39 Å². The monoisotopic (exact) mass is 649 g/mol. The van der Waals surface area contributed by atoms with Crippen molar-refractivity contribution in [2.75, 3.05) is 7.11 Å². The van der Waals surface area contributed by atoms with E-state index in [9.17, 15) is 40.6 Å². The van der Waals surface area contributed by atoms with E-state index in [1.165, 1.54) is 20.1 Å². The molecule has 3 rings (SSSR count). The second-order valence-corrected chi connectivity index (χ2v) is 10.7. The molecular weight excluding hydrogens is 623 g/mol. The van der Waals surface area contributed by atoms with E-state index in [2.05, 4.69) is 15.9 Å². The molecule has 2 unspecified atom stereocenters. The fourth-order valence-corrected chi connectivity index (χ4v) is 4.84. The number of amides is 1. The van der Waals surface area contributed by atoms with Crippen LogP contribution < -0.4 is 4.74 Å². The normalized spacial score (nSPS) is 13.7. The van der Waals surface area contributed by atoms with Crippen molar-refractivity contribution in [1.29, 1.82) is 0 Å². The average Bonchev–Trinajstić information content (AvgIpc) is 2.89. The minimum absolute atomic E-state index is 0.0341. The molecule has 0 aliphatic rings. The van der Waals surface area contributed by atoms with Crippen molar-refractivity contribution in [3.05, 3.63) is 86.6 Å². The van der Waals surface area contributed by atoms with Gasteiger partial charge >= 0.3 is 12.4 Å². The lowest BCUT2D eigenvalue weighted by Gasteiger charge is -2.31. The summed E-state index contributed by atoms with van der Waals surface area (Å²) in [4.78, 5) is 13.2. The first-order valence-electron chi connectivity index (χ1n) is 12.3. The second kappa shape index (κ2) is 12.4. The number of methoxy groups -OCH3 is 1. The Kier molecular flexibility index (Phi) is 9.80. The topological polar surface area (TPSA) is 49.8 Å². The molecule has 0 aliphatic carbocycles. The van der Waals surface area contributed by atoms with Gasteiger partial charge in [-0.1, -0.05) is 35.8 Å². The maximum atomic E-state index is 14.7. The molecule has 0 radical (unpaired) electrons. The molecule has 41 heavy (non-hydrogen) atoms.